The highest BCUT2D eigenvalue weighted by atomic mass is 19.1. The average molecular weight is 825 g/mol. The smallest absolute Gasteiger partial charge is 0.410 e. The van der Waals surface area contributed by atoms with Crippen LogP contribution in [0.5, 0.6) is 11.8 Å². The maximum absolute atomic E-state index is 17.5. The third kappa shape index (κ3) is 8.12. The SMILES string of the molecule is C#Cc1cccc2cc(OCOC)cc(-c3ncc4c(N5CC6CCC(C5)N6C(=O)OC(C)(C)C)nc(OC[C@@]56CCCN5[C@H](COCC(=O)OCC)CC6)nc4c3F)c12. The van der Waals surface area contributed by atoms with Crippen LogP contribution in [0.1, 0.15) is 71.8 Å². The maximum Gasteiger partial charge on any atom is 0.410 e. The fraction of sp³-hybridized carbons (Fsp3) is 0.533. The number of esters is 1. The summed E-state index contributed by atoms with van der Waals surface area (Å²) in [6.45, 7) is 10.1. The summed E-state index contributed by atoms with van der Waals surface area (Å²) in [4.78, 5) is 46.2. The normalized spacial score (nSPS) is 22.6. The lowest BCUT2D eigenvalue weighted by atomic mass is 9.95. The Balaban J connectivity index is 1.16. The van der Waals surface area contributed by atoms with Gasteiger partial charge in [0.1, 0.15) is 41.6 Å². The number of methoxy groups -OCH3 is 1. The van der Waals surface area contributed by atoms with Gasteiger partial charge in [0.05, 0.1) is 36.2 Å². The van der Waals surface area contributed by atoms with Crippen LogP contribution in [-0.4, -0.2) is 126 Å². The summed E-state index contributed by atoms with van der Waals surface area (Å²) >= 11 is 0. The zero-order chi connectivity index (χ0) is 42.2. The van der Waals surface area contributed by atoms with Crippen molar-refractivity contribution in [1.29, 1.82) is 0 Å². The monoisotopic (exact) mass is 824 g/mol. The number of terminal acetylenes is 1. The number of aromatic nitrogens is 3. The quantitative estimate of drug-likeness (QED) is 0.0826. The van der Waals surface area contributed by atoms with E-state index >= 15 is 4.39 Å². The molecule has 4 aliphatic rings. The van der Waals surface area contributed by atoms with Gasteiger partial charge in [-0.25, -0.2) is 14.0 Å². The van der Waals surface area contributed by atoms with Crippen molar-refractivity contribution in [3.8, 4) is 35.4 Å². The zero-order valence-electron chi connectivity index (χ0n) is 35.0. The van der Waals surface area contributed by atoms with Gasteiger partial charge in [-0.15, -0.1) is 6.42 Å². The van der Waals surface area contributed by atoms with Crippen LogP contribution in [0.3, 0.4) is 0 Å². The third-order valence-electron chi connectivity index (χ3n) is 12.1. The summed E-state index contributed by atoms with van der Waals surface area (Å²) in [6.07, 6.45) is 12.5. The molecule has 60 heavy (non-hydrogen) atoms. The van der Waals surface area contributed by atoms with Gasteiger partial charge in [-0.3, -0.25) is 14.8 Å². The number of carbonyl (C=O) groups is 2. The van der Waals surface area contributed by atoms with Gasteiger partial charge in [0.15, 0.2) is 12.6 Å². The number of hydrogen-bond donors (Lipinski definition) is 0. The number of nitrogens with zero attached hydrogens (tertiary/aromatic N) is 6. The Hall–Kier alpha value is -5.30. The van der Waals surface area contributed by atoms with Crippen molar-refractivity contribution in [2.45, 2.75) is 95.5 Å². The van der Waals surface area contributed by atoms with Gasteiger partial charge in [0.2, 0.25) is 0 Å². The summed E-state index contributed by atoms with van der Waals surface area (Å²) in [5.41, 5.74) is 0.202. The number of ether oxygens (including phenoxy) is 6. The van der Waals surface area contributed by atoms with Crippen molar-refractivity contribution >= 4 is 39.6 Å². The average Bonchev–Trinajstić information content (AvgIpc) is 3.88. The first kappa shape index (κ1) is 41.4. The van der Waals surface area contributed by atoms with Crippen molar-refractivity contribution in [3.63, 3.8) is 0 Å². The molecule has 8 rings (SSSR count). The van der Waals surface area contributed by atoms with E-state index in [2.05, 4.69) is 15.7 Å². The van der Waals surface area contributed by atoms with E-state index in [0.29, 0.717) is 66.4 Å². The first-order valence-electron chi connectivity index (χ1n) is 20.8. The molecular formula is C45H53FN6O8. The highest BCUT2D eigenvalue weighted by Gasteiger charge is 2.50. The highest BCUT2D eigenvalue weighted by Crippen LogP contribution is 2.44. The molecule has 0 N–H and O–H groups in total. The van der Waals surface area contributed by atoms with Gasteiger partial charge in [0.25, 0.3) is 0 Å². The van der Waals surface area contributed by atoms with Crippen molar-refractivity contribution < 1.29 is 42.4 Å². The molecule has 1 amide bonds. The molecule has 2 bridgehead atoms. The van der Waals surface area contributed by atoms with Gasteiger partial charge < -0.3 is 33.3 Å². The summed E-state index contributed by atoms with van der Waals surface area (Å²) < 4.78 is 51.7. The minimum atomic E-state index is -0.659. The van der Waals surface area contributed by atoms with Gasteiger partial charge in [-0.05, 0) is 96.3 Å². The summed E-state index contributed by atoms with van der Waals surface area (Å²) in [5.74, 6) is 2.65. The van der Waals surface area contributed by atoms with Crippen LogP contribution in [0, 0.1) is 18.2 Å². The number of hydrogen-bond acceptors (Lipinski definition) is 13. The van der Waals surface area contributed by atoms with E-state index in [-0.39, 0.29) is 66.3 Å². The predicted octanol–water partition coefficient (Wildman–Crippen LogP) is 6.49. The number of anilines is 1. The molecule has 0 radical (unpaired) electrons. The molecule has 4 fully saturated rings. The molecule has 4 saturated heterocycles. The minimum Gasteiger partial charge on any atom is -0.468 e. The number of piperazine rings is 1. The molecule has 6 heterocycles. The number of amides is 1. The molecule has 2 aromatic carbocycles. The Morgan fingerprint density at radius 2 is 1.87 bits per heavy atom. The number of rotatable bonds is 13. The molecule has 0 saturated carbocycles. The van der Waals surface area contributed by atoms with Gasteiger partial charge >= 0.3 is 18.1 Å². The Morgan fingerprint density at radius 1 is 1.07 bits per heavy atom. The Labute approximate surface area is 349 Å². The zero-order valence-corrected chi connectivity index (χ0v) is 35.0. The molecule has 318 valence electrons. The Kier molecular flexibility index (Phi) is 11.7. The Morgan fingerprint density at radius 3 is 2.60 bits per heavy atom. The second-order valence-electron chi connectivity index (χ2n) is 17.1. The van der Waals surface area contributed by atoms with Crippen LogP contribution in [0.2, 0.25) is 0 Å². The largest absolute Gasteiger partial charge is 0.468 e. The second-order valence-corrected chi connectivity index (χ2v) is 17.1. The van der Waals surface area contributed by atoms with Crippen LogP contribution in [0.25, 0.3) is 32.9 Å². The van der Waals surface area contributed by atoms with Crippen LogP contribution in [0.4, 0.5) is 15.0 Å². The third-order valence-corrected chi connectivity index (χ3v) is 12.1. The van der Waals surface area contributed by atoms with E-state index in [1.54, 1.807) is 19.2 Å². The van der Waals surface area contributed by atoms with E-state index in [1.807, 2.05) is 49.9 Å². The summed E-state index contributed by atoms with van der Waals surface area (Å²) in [7, 11) is 1.53. The van der Waals surface area contributed by atoms with Crippen LogP contribution in [-0.2, 0) is 23.7 Å². The fourth-order valence-electron chi connectivity index (χ4n) is 9.59. The van der Waals surface area contributed by atoms with Crippen molar-refractivity contribution in [3.05, 3.63) is 47.9 Å². The molecule has 15 heteroatoms. The van der Waals surface area contributed by atoms with E-state index < -0.39 is 11.4 Å². The number of carbonyl (C=O) groups excluding carboxylic acids is 2. The molecular weight excluding hydrogens is 772 g/mol. The van der Waals surface area contributed by atoms with Gasteiger partial charge in [-0.1, -0.05) is 18.1 Å². The molecule has 4 atom stereocenters. The number of pyridine rings is 1. The first-order valence-corrected chi connectivity index (χ1v) is 20.8. The fourth-order valence-corrected chi connectivity index (χ4v) is 9.59. The number of benzene rings is 2. The molecule has 14 nitrogen and oxygen atoms in total. The van der Waals surface area contributed by atoms with E-state index in [0.717, 1.165) is 50.5 Å². The standard InChI is InChI=1S/C45H53FN6O8/c1-7-28-11-9-12-29-19-33(59-27-55-6)20-34(37(28)29)39-38(46)40-35(21-47-39)41(50-22-30-13-14-31(23-50)52(30)43(54)60-44(3,4)5)49-42(48-40)58-26-45-16-10-18-51(45)32(15-17-45)24-56-25-36(53)57-8-2/h1,9,11-12,19-21,30-32H,8,10,13-18,22-27H2,2-6H3/t30?,31?,32-,45-/m0/s1. The molecule has 4 aliphatic heterocycles. The highest BCUT2D eigenvalue weighted by molar-refractivity contribution is 6.03. The lowest BCUT2D eigenvalue weighted by Gasteiger charge is -2.42. The molecule has 0 spiro atoms. The lowest BCUT2D eigenvalue weighted by molar-refractivity contribution is -0.149. The second kappa shape index (κ2) is 17.0. The summed E-state index contributed by atoms with van der Waals surface area (Å²) in [6, 6.07) is 9.01. The van der Waals surface area contributed by atoms with E-state index in [9.17, 15) is 9.59 Å². The predicted molar refractivity (Wildman–Crippen MR) is 222 cm³/mol. The topological polar surface area (TPSA) is 138 Å². The van der Waals surface area contributed by atoms with E-state index in [4.69, 9.17) is 49.8 Å². The van der Waals surface area contributed by atoms with Gasteiger partial charge in [-0.2, -0.15) is 9.97 Å². The van der Waals surface area contributed by atoms with Crippen LogP contribution >= 0.6 is 0 Å². The number of fused-ring (bicyclic) bond motifs is 5. The maximum atomic E-state index is 17.5. The van der Waals surface area contributed by atoms with Crippen molar-refractivity contribution in [2.75, 3.05) is 64.9 Å². The van der Waals surface area contributed by atoms with Crippen molar-refractivity contribution in [1.82, 2.24) is 24.8 Å². The molecule has 4 aromatic rings. The molecule has 2 aromatic heterocycles. The minimum absolute atomic E-state index is 0.00580. The molecule has 2 unspecified atom stereocenters. The first-order chi connectivity index (χ1) is 28.9. The summed E-state index contributed by atoms with van der Waals surface area (Å²) in [5, 5.41) is 1.82. The lowest BCUT2D eigenvalue weighted by Crippen LogP contribution is -2.57. The number of halogens is 1. The Bertz CT molecular complexity index is 2300. The van der Waals surface area contributed by atoms with E-state index in [1.165, 1.54) is 7.11 Å². The van der Waals surface area contributed by atoms with Crippen LogP contribution < -0.4 is 14.4 Å². The van der Waals surface area contributed by atoms with Gasteiger partial charge in [0, 0.05) is 49.0 Å². The van der Waals surface area contributed by atoms with Crippen LogP contribution in [0.15, 0.2) is 36.5 Å². The van der Waals surface area contributed by atoms with Crippen molar-refractivity contribution in [2.24, 2.45) is 0 Å². The molecule has 0 aliphatic carbocycles.